The number of fused-ring (bicyclic) bond motifs is 3. The van der Waals surface area contributed by atoms with Gasteiger partial charge in [-0.25, -0.2) is 4.79 Å². The van der Waals surface area contributed by atoms with Crippen LogP contribution in [-0.4, -0.2) is 41.8 Å². The Morgan fingerprint density at radius 2 is 1.57 bits per heavy atom. The van der Waals surface area contributed by atoms with Crippen molar-refractivity contribution in [3.8, 4) is 11.1 Å². The molecule has 0 radical (unpaired) electrons. The molecule has 0 saturated carbocycles. The van der Waals surface area contributed by atoms with Crippen LogP contribution in [0.3, 0.4) is 0 Å². The Morgan fingerprint density at radius 3 is 2.13 bits per heavy atom. The van der Waals surface area contributed by atoms with E-state index < -0.39 is 24.1 Å². The first kappa shape index (κ1) is 21.4. The highest BCUT2D eigenvalue weighted by atomic mass is 16.5. The number of aliphatic carboxylic acids is 1. The van der Waals surface area contributed by atoms with Crippen LogP contribution >= 0.6 is 0 Å². The molecule has 0 heterocycles. The summed E-state index contributed by atoms with van der Waals surface area (Å²) < 4.78 is 5.53. The zero-order valence-electron chi connectivity index (χ0n) is 17.1. The van der Waals surface area contributed by atoms with E-state index in [-0.39, 0.29) is 24.9 Å². The average molecular weight is 410 g/mol. The SMILES string of the molecule is CC(C)(CCC(=O)NCC(=O)O)NC(=O)OCC1c2ccccc2-c2ccccc21. The predicted octanol–water partition coefficient (Wildman–Crippen LogP) is 3.28. The van der Waals surface area contributed by atoms with Crippen molar-refractivity contribution < 1.29 is 24.2 Å². The molecule has 0 bridgehead atoms. The summed E-state index contributed by atoms with van der Waals surface area (Å²) in [5, 5.41) is 13.7. The lowest BCUT2D eigenvalue weighted by atomic mass is 9.98. The molecule has 1 aliphatic rings. The van der Waals surface area contributed by atoms with E-state index in [0.717, 1.165) is 22.3 Å². The van der Waals surface area contributed by atoms with Crippen LogP contribution < -0.4 is 10.6 Å². The Bertz CT molecular complexity index is 909. The Hall–Kier alpha value is -3.35. The number of hydrogen-bond acceptors (Lipinski definition) is 4. The van der Waals surface area contributed by atoms with Gasteiger partial charge in [-0.05, 0) is 42.5 Å². The minimum absolute atomic E-state index is 0.0203. The molecule has 2 aromatic carbocycles. The first-order chi connectivity index (χ1) is 14.3. The van der Waals surface area contributed by atoms with E-state index in [9.17, 15) is 14.4 Å². The number of alkyl carbamates (subject to hydrolysis) is 1. The molecule has 0 fully saturated rings. The van der Waals surface area contributed by atoms with Gasteiger partial charge >= 0.3 is 12.1 Å². The molecule has 3 N–H and O–H groups in total. The first-order valence-corrected chi connectivity index (χ1v) is 9.88. The van der Waals surface area contributed by atoms with Crippen LogP contribution in [-0.2, 0) is 14.3 Å². The third-order valence-corrected chi connectivity index (χ3v) is 5.20. The summed E-state index contributed by atoms with van der Waals surface area (Å²) in [5.41, 5.74) is 3.93. The molecular formula is C23H26N2O5. The Morgan fingerprint density at radius 1 is 1.00 bits per heavy atom. The van der Waals surface area contributed by atoms with Crippen molar-refractivity contribution in [3.05, 3.63) is 59.7 Å². The summed E-state index contributed by atoms with van der Waals surface area (Å²) in [5.74, 6) is -1.49. The van der Waals surface area contributed by atoms with Crippen LogP contribution in [0.5, 0.6) is 0 Å². The van der Waals surface area contributed by atoms with E-state index in [4.69, 9.17) is 9.84 Å². The van der Waals surface area contributed by atoms with E-state index in [1.807, 2.05) is 24.3 Å². The van der Waals surface area contributed by atoms with Crippen molar-refractivity contribution >= 4 is 18.0 Å². The molecule has 7 nitrogen and oxygen atoms in total. The maximum absolute atomic E-state index is 12.4. The van der Waals surface area contributed by atoms with Crippen molar-refractivity contribution in [3.63, 3.8) is 0 Å². The van der Waals surface area contributed by atoms with E-state index in [0.29, 0.717) is 6.42 Å². The van der Waals surface area contributed by atoms with Crippen LogP contribution in [0.2, 0.25) is 0 Å². The minimum atomic E-state index is -1.10. The van der Waals surface area contributed by atoms with Crippen molar-refractivity contribution in [2.24, 2.45) is 0 Å². The molecule has 2 aromatic rings. The molecule has 2 amide bonds. The Balaban J connectivity index is 1.54. The highest BCUT2D eigenvalue weighted by Crippen LogP contribution is 2.44. The molecule has 3 rings (SSSR count). The molecule has 0 atom stereocenters. The number of nitrogens with one attached hydrogen (secondary N) is 2. The van der Waals surface area contributed by atoms with Gasteiger partial charge < -0.3 is 20.5 Å². The Kier molecular flexibility index (Phi) is 6.40. The summed E-state index contributed by atoms with van der Waals surface area (Å²) in [6, 6.07) is 16.2. The van der Waals surface area contributed by atoms with E-state index >= 15 is 0 Å². The number of ether oxygens (including phenoxy) is 1. The van der Waals surface area contributed by atoms with Crippen LogP contribution in [0.4, 0.5) is 4.79 Å². The van der Waals surface area contributed by atoms with Gasteiger partial charge in [0.15, 0.2) is 0 Å². The molecule has 0 spiro atoms. The quantitative estimate of drug-likeness (QED) is 0.619. The molecule has 1 aliphatic carbocycles. The molecule has 0 saturated heterocycles. The number of benzene rings is 2. The van der Waals surface area contributed by atoms with E-state index in [2.05, 4.69) is 34.9 Å². The number of carbonyl (C=O) groups is 3. The van der Waals surface area contributed by atoms with Gasteiger partial charge in [-0.2, -0.15) is 0 Å². The van der Waals surface area contributed by atoms with E-state index in [1.54, 1.807) is 13.8 Å². The molecular weight excluding hydrogens is 384 g/mol. The summed E-state index contributed by atoms with van der Waals surface area (Å²) in [6.45, 7) is 3.38. The second-order valence-corrected chi connectivity index (χ2v) is 8.00. The first-order valence-electron chi connectivity index (χ1n) is 9.88. The van der Waals surface area contributed by atoms with Gasteiger partial charge in [0.05, 0.1) is 0 Å². The third kappa shape index (κ3) is 5.17. The van der Waals surface area contributed by atoms with Crippen LogP contribution in [0, 0.1) is 0 Å². The molecule has 30 heavy (non-hydrogen) atoms. The van der Waals surface area contributed by atoms with Gasteiger partial charge in [-0.15, -0.1) is 0 Å². The standard InChI is InChI=1S/C23H26N2O5/c1-23(2,12-11-20(26)24-13-21(27)28)25-22(29)30-14-19-17-9-5-3-7-15(17)16-8-4-6-10-18(16)19/h3-10,19H,11-14H2,1-2H3,(H,24,26)(H,25,29)(H,27,28). The van der Waals surface area contributed by atoms with Gasteiger partial charge in [-0.3, -0.25) is 9.59 Å². The largest absolute Gasteiger partial charge is 0.480 e. The number of hydrogen-bond donors (Lipinski definition) is 3. The summed E-state index contributed by atoms with van der Waals surface area (Å²) in [6.07, 6.45) is -0.0974. The summed E-state index contributed by atoms with van der Waals surface area (Å²) in [7, 11) is 0. The lowest BCUT2D eigenvalue weighted by molar-refractivity contribution is -0.138. The fourth-order valence-electron chi connectivity index (χ4n) is 3.66. The predicted molar refractivity (Wildman–Crippen MR) is 112 cm³/mol. The fraction of sp³-hybridized carbons (Fsp3) is 0.348. The molecule has 7 heteroatoms. The van der Waals surface area contributed by atoms with Gasteiger partial charge in [0, 0.05) is 17.9 Å². The monoisotopic (exact) mass is 410 g/mol. The van der Waals surface area contributed by atoms with Gasteiger partial charge in [-0.1, -0.05) is 48.5 Å². The minimum Gasteiger partial charge on any atom is -0.480 e. The summed E-state index contributed by atoms with van der Waals surface area (Å²) >= 11 is 0. The highest BCUT2D eigenvalue weighted by molar-refractivity contribution is 5.81. The maximum Gasteiger partial charge on any atom is 0.407 e. The number of rotatable bonds is 8. The highest BCUT2D eigenvalue weighted by Gasteiger charge is 2.30. The second-order valence-electron chi connectivity index (χ2n) is 8.00. The number of amides is 2. The summed E-state index contributed by atoms with van der Waals surface area (Å²) in [4.78, 5) is 34.6. The number of carboxylic acids is 1. The van der Waals surface area contributed by atoms with Gasteiger partial charge in [0.2, 0.25) is 5.91 Å². The Labute approximate surface area is 175 Å². The van der Waals surface area contributed by atoms with Gasteiger partial charge in [0.25, 0.3) is 0 Å². The lowest BCUT2D eigenvalue weighted by Crippen LogP contribution is -2.45. The van der Waals surface area contributed by atoms with Crippen molar-refractivity contribution in [1.29, 1.82) is 0 Å². The maximum atomic E-state index is 12.4. The topological polar surface area (TPSA) is 105 Å². The fourth-order valence-corrected chi connectivity index (χ4v) is 3.66. The van der Waals surface area contributed by atoms with E-state index in [1.165, 1.54) is 0 Å². The normalized spacial score (nSPS) is 12.6. The van der Waals surface area contributed by atoms with Crippen molar-refractivity contribution in [2.75, 3.05) is 13.2 Å². The smallest absolute Gasteiger partial charge is 0.407 e. The van der Waals surface area contributed by atoms with Crippen molar-refractivity contribution in [2.45, 2.75) is 38.1 Å². The molecule has 0 aliphatic heterocycles. The number of carboxylic acid groups (broad SMARTS) is 1. The second kappa shape index (κ2) is 8.98. The average Bonchev–Trinajstić information content (AvgIpc) is 3.03. The number of carbonyl (C=O) groups excluding carboxylic acids is 2. The van der Waals surface area contributed by atoms with Gasteiger partial charge in [0.1, 0.15) is 13.2 Å². The van der Waals surface area contributed by atoms with Crippen LogP contribution in [0.15, 0.2) is 48.5 Å². The van der Waals surface area contributed by atoms with Crippen LogP contribution in [0.25, 0.3) is 11.1 Å². The lowest BCUT2D eigenvalue weighted by Gasteiger charge is -2.26. The molecule has 0 unspecified atom stereocenters. The van der Waals surface area contributed by atoms with Crippen molar-refractivity contribution in [1.82, 2.24) is 10.6 Å². The zero-order valence-corrected chi connectivity index (χ0v) is 17.1. The third-order valence-electron chi connectivity index (χ3n) is 5.20. The zero-order chi connectivity index (χ0) is 21.7. The molecule has 158 valence electrons. The van der Waals surface area contributed by atoms with Crippen LogP contribution in [0.1, 0.15) is 43.7 Å². The molecule has 0 aromatic heterocycles.